The molecule has 0 radical (unpaired) electrons. The number of benzene rings is 3. The number of nitrogens with zero attached hydrogens (tertiary/aromatic N) is 1. The van der Waals surface area contributed by atoms with E-state index in [2.05, 4.69) is 50.4 Å². The van der Waals surface area contributed by atoms with Crippen molar-refractivity contribution in [3.8, 4) is 0 Å². The highest BCUT2D eigenvalue weighted by Crippen LogP contribution is 2.28. The zero-order valence-corrected chi connectivity index (χ0v) is 25.1. The van der Waals surface area contributed by atoms with Gasteiger partial charge in [-0.2, -0.15) is 0 Å². The van der Waals surface area contributed by atoms with Crippen LogP contribution in [0.5, 0.6) is 0 Å². The predicted molar refractivity (Wildman–Crippen MR) is 162 cm³/mol. The first-order valence-corrected chi connectivity index (χ1v) is 14.3. The van der Waals surface area contributed by atoms with Gasteiger partial charge in [-0.3, -0.25) is 9.59 Å². The van der Waals surface area contributed by atoms with E-state index < -0.39 is 6.04 Å². The molecule has 1 N–H and O–H groups in total. The molecule has 0 aromatic heterocycles. The number of carbonyl (C=O) groups excluding carboxylic acids is 2. The molecule has 39 heavy (non-hydrogen) atoms. The van der Waals surface area contributed by atoms with Gasteiger partial charge in [0.15, 0.2) is 0 Å². The summed E-state index contributed by atoms with van der Waals surface area (Å²) in [5.41, 5.74) is 4.00. The molecular weight excluding hydrogens is 527 g/mol. The molecule has 0 spiro atoms. The highest BCUT2D eigenvalue weighted by atomic mass is 35.5. The van der Waals surface area contributed by atoms with Crippen molar-refractivity contribution in [3.63, 3.8) is 0 Å². The standard InChI is InChI=1S/C33H40Cl2N2O2/c1-23(2)21-36-32(39)30(20-25-10-7-6-8-11-25)37(22-27-28(34)12-9-13-29(27)35)31(38)19-16-24-14-17-26(18-15-24)33(3,4)5/h6-15,17-18,23,30H,16,19-22H2,1-5H3,(H,36,39)/t30-/m1/s1. The fourth-order valence-electron chi connectivity index (χ4n) is 4.40. The van der Waals surface area contributed by atoms with Crippen LogP contribution in [0.15, 0.2) is 72.8 Å². The summed E-state index contributed by atoms with van der Waals surface area (Å²) in [5, 5.41) is 3.99. The minimum Gasteiger partial charge on any atom is -0.354 e. The van der Waals surface area contributed by atoms with Crippen molar-refractivity contribution in [2.45, 2.75) is 71.9 Å². The number of halogens is 2. The molecule has 0 aliphatic heterocycles. The van der Waals surface area contributed by atoms with Gasteiger partial charge in [0.2, 0.25) is 11.8 Å². The minimum absolute atomic E-state index is 0.0629. The van der Waals surface area contributed by atoms with Crippen molar-refractivity contribution in [1.29, 1.82) is 0 Å². The Kier molecular flexibility index (Phi) is 11.0. The second kappa shape index (κ2) is 14.0. The van der Waals surface area contributed by atoms with Gasteiger partial charge in [0.25, 0.3) is 0 Å². The van der Waals surface area contributed by atoms with Gasteiger partial charge in [0.05, 0.1) is 0 Å². The molecule has 1 atom stereocenters. The molecule has 0 unspecified atom stereocenters. The maximum Gasteiger partial charge on any atom is 0.243 e. The summed E-state index contributed by atoms with van der Waals surface area (Å²) in [4.78, 5) is 29.1. The van der Waals surface area contributed by atoms with Gasteiger partial charge in [-0.1, -0.05) is 118 Å². The lowest BCUT2D eigenvalue weighted by atomic mass is 9.86. The van der Waals surface area contributed by atoms with Gasteiger partial charge in [-0.25, -0.2) is 0 Å². The van der Waals surface area contributed by atoms with Gasteiger partial charge < -0.3 is 10.2 Å². The van der Waals surface area contributed by atoms with Crippen LogP contribution in [0.3, 0.4) is 0 Å². The van der Waals surface area contributed by atoms with E-state index in [1.165, 1.54) is 5.56 Å². The maximum absolute atomic E-state index is 13.9. The first kappa shape index (κ1) is 30.7. The Balaban J connectivity index is 1.92. The van der Waals surface area contributed by atoms with Crippen LogP contribution in [0.2, 0.25) is 10.0 Å². The third-order valence-corrected chi connectivity index (χ3v) is 7.50. The SMILES string of the molecule is CC(C)CNC(=O)[C@@H](Cc1ccccc1)N(Cc1c(Cl)cccc1Cl)C(=O)CCc1ccc(C(C)(C)C)cc1. The molecule has 0 aliphatic carbocycles. The van der Waals surface area contributed by atoms with Crippen molar-refractivity contribution in [2.24, 2.45) is 5.92 Å². The number of hydrogen-bond donors (Lipinski definition) is 1. The van der Waals surface area contributed by atoms with Gasteiger partial charge in [-0.05, 0) is 46.6 Å². The van der Waals surface area contributed by atoms with Gasteiger partial charge in [-0.15, -0.1) is 0 Å². The molecule has 0 saturated heterocycles. The number of aryl methyl sites for hydroxylation is 1. The molecule has 0 heterocycles. The van der Waals surface area contributed by atoms with E-state index in [4.69, 9.17) is 23.2 Å². The van der Waals surface area contributed by atoms with Crippen molar-refractivity contribution >= 4 is 35.0 Å². The van der Waals surface area contributed by atoms with Crippen molar-refractivity contribution in [2.75, 3.05) is 6.54 Å². The molecule has 0 fully saturated rings. The van der Waals surface area contributed by atoms with E-state index in [-0.39, 0.29) is 36.1 Å². The van der Waals surface area contributed by atoms with Crippen LogP contribution < -0.4 is 5.32 Å². The van der Waals surface area contributed by atoms with E-state index in [0.717, 1.165) is 11.1 Å². The van der Waals surface area contributed by atoms with Crippen LogP contribution in [0, 0.1) is 5.92 Å². The maximum atomic E-state index is 13.9. The minimum atomic E-state index is -0.714. The van der Waals surface area contributed by atoms with Gasteiger partial charge >= 0.3 is 0 Å². The van der Waals surface area contributed by atoms with Crippen LogP contribution in [0.4, 0.5) is 0 Å². The van der Waals surface area contributed by atoms with E-state index in [9.17, 15) is 9.59 Å². The first-order chi connectivity index (χ1) is 18.5. The fraction of sp³-hybridized carbons (Fsp3) is 0.394. The van der Waals surface area contributed by atoms with E-state index >= 15 is 0 Å². The molecule has 3 aromatic rings. The van der Waals surface area contributed by atoms with Crippen LogP contribution in [-0.2, 0) is 34.4 Å². The lowest BCUT2D eigenvalue weighted by molar-refractivity contribution is -0.141. The van der Waals surface area contributed by atoms with Gasteiger partial charge in [0.1, 0.15) is 6.04 Å². The monoisotopic (exact) mass is 566 g/mol. The molecule has 3 rings (SSSR count). The Bertz CT molecular complexity index is 1210. The smallest absolute Gasteiger partial charge is 0.243 e. The summed E-state index contributed by atoms with van der Waals surface area (Å²) in [6, 6.07) is 22.8. The third kappa shape index (κ3) is 9.12. The number of amides is 2. The lowest BCUT2D eigenvalue weighted by Crippen LogP contribution is -2.51. The molecule has 3 aromatic carbocycles. The summed E-state index contributed by atoms with van der Waals surface area (Å²) < 4.78 is 0. The summed E-state index contributed by atoms with van der Waals surface area (Å²) >= 11 is 13.1. The first-order valence-electron chi connectivity index (χ1n) is 13.6. The molecule has 208 valence electrons. The summed E-state index contributed by atoms with van der Waals surface area (Å²) in [6.45, 7) is 11.3. The third-order valence-electron chi connectivity index (χ3n) is 6.79. The van der Waals surface area contributed by atoms with Crippen LogP contribution in [0.25, 0.3) is 0 Å². The number of nitrogens with one attached hydrogen (secondary N) is 1. The average molecular weight is 568 g/mol. The second-order valence-corrected chi connectivity index (χ2v) is 12.3. The Morgan fingerprint density at radius 1 is 0.846 bits per heavy atom. The van der Waals surface area contributed by atoms with Gasteiger partial charge in [0, 0.05) is 41.5 Å². The number of hydrogen-bond acceptors (Lipinski definition) is 2. The Hall–Kier alpha value is -2.82. The summed E-state index contributed by atoms with van der Waals surface area (Å²) in [5.74, 6) is -0.0188. The second-order valence-electron chi connectivity index (χ2n) is 11.5. The topological polar surface area (TPSA) is 49.4 Å². The molecule has 2 amide bonds. The molecule has 0 aliphatic rings. The van der Waals surface area contributed by atoms with E-state index in [0.29, 0.717) is 35.0 Å². The molecule has 6 heteroatoms. The Morgan fingerprint density at radius 2 is 1.46 bits per heavy atom. The number of rotatable bonds is 11. The van der Waals surface area contributed by atoms with Crippen molar-refractivity contribution in [1.82, 2.24) is 10.2 Å². The molecule has 0 saturated carbocycles. The zero-order valence-electron chi connectivity index (χ0n) is 23.6. The highest BCUT2D eigenvalue weighted by Gasteiger charge is 2.31. The quantitative estimate of drug-likeness (QED) is 0.259. The Labute approximate surface area is 243 Å². The normalized spacial score (nSPS) is 12.3. The van der Waals surface area contributed by atoms with E-state index in [1.54, 1.807) is 23.1 Å². The summed E-state index contributed by atoms with van der Waals surface area (Å²) in [7, 11) is 0. The van der Waals surface area contributed by atoms with Crippen molar-refractivity contribution in [3.05, 3.63) is 105 Å². The molecule has 0 bridgehead atoms. The molecule has 4 nitrogen and oxygen atoms in total. The molecular formula is C33H40Cl2N2O2. The van der Waals surface area contributed by atoms with E-state index in [1.807, 2.05) is 44.2 Å². The highest BCUT2D eigenvalue weighted by molar-refractivity contribution is 6.36. The van der Waals surface area contributed by atoms with Crippen LogP contribution in [0.1, 0.15) is 63.3 Å². The Morgan fingerprint density at radius 3 is 2.03 bits per heavy atom. The largest absolute Gasteiger partial charge is 0.354 e. The van der Waals surface area contributed by atoms with Crippen molar-refractivity contribution < 1.29 is 9.59 Å². The predicted octanol–water partition coefficient (Wildman–Crippen LogP) is 7.64. The average Bonchev–Trinajstić information content (AvgIpc) is 2.89. The van der Waals surface area contributed by atoms with Crippen LogP contribution >= 0.6 is 23.2 Å². The zero-order chi connectivity index (χ0) is 28.6. The lowest BCUT2D eigenvalue weighted by Gasteiger charge is -2.32. The fourth-order valence-corrected chi connectivity index (χ4v) is 4.91. The summed E-state index contributed by atoms with van der Waals surface area (Å²) in [6.07, 6.45) is 1.22. The van der Waals surface area contributed by atoms with Crippen LogP contribution in [-0.4, -0.2) is 29.3 Å². The number of carbonyl (C=O) groups is 2.